The normalized spacial score (nSPS) is 20.4. The number of hydrogen-bond acceptors (Lipinski definition) is 3. The maximum Gasteiger partial charge on any atom is 0.142 e. The van der Waals surface area contributed by atoms with E-state index in [0.29, 0.717) is 12.0 Å². The summed E-state index contributed by atoms with van der Waals surface area (Å²) in [6.07, 6.45) is 12.2. The molecule has 3 aromatic rings. The molecule has 1 aromatic carbocycles. The third-order valence-electron chi connectivity index (χ3n) is 5.51. The molecule has 0 saturated heterocycles. The molecule has 5 nitrogen and oxygen atoms in total. The lowest BCUT2D eigenvalue weighted by molar-refractivity contribution is 0.163. The molecule has 1 N–H and O–H groups in total. The first kappa shape index (κ1) is 17.0. The Hall–Kier alpha value is -2.40. The Morgan fingerprint density at radius 3 is 2.81 bits per heavy atom. The highest BCUT2D eigenvalue weighted by Crippen LogP contribution is 2.37. The van der Waals surface area contributed by atoms with Crippen LogP contribution < -0.4 is 0 Å². The van der Waals surface area contributed by atoms with Crippen molar-refractivity contribution in [1.82, 2.24) is 19.3 Å². The highest BCUT2D eigenvalue weighted by atomic mass is 16.3. The number of benzene rings is 1. The fraction of sp³-hybridized carbons (Fsp3) is 0.429. The zero-order chi connectivity index (χ0) is 18.1. The molecule has 4 rings (SSSR count). The molecule has 2 atom stereocenters. The summed E-state index contributed by atoms with van der Waals surface area (Å²) in [6.45, 7) is 4.54. The van der Waals surface area contributed by atoms with E-state index in [2.05, 4.69) is 41.8 Å². The highest BCUT2D eigenvalue weighted by molar-refractivity contribution is 5.72. The second kappa shape index (κ2) is 7.08. The second-order valence-corrected chi connectivity index (χ2v) is 7.45. The number of rotatable bonds is 4. The van der Waals surface area contributed by atoms with Crippen LogP contribution in [0.15, 0.2) is 43.0 Å². The molecule has 5 heteroatoms. The first-order valence-corrected chi connectivity index (χ1v) is 9.42. The van der Waals surface area contributed by atoms with Crippen LogP contribution in [0.4, 0.5) is 0 Å². The number of imidazole rings is 1. The van der Waals surface area contributed by atoms with E-state index in [1.54, 1.807) is 6.20 Å². The van der Waals surface area contributed by atoms with Gasteiger partial charge in [-0.25, -0.2) is 9.67 Å². The fourth-order valence-electron chi connectivity index (χ4n) is 4.31. The molecule has 0 radical (unpaired) electrons. The minimum Gasteiger partial charge on any atom is -0.396 e. The molecule has 1 fully saturated rings. The Bertz CT molecular complexity index is 882. The predicted molar refractivity (Wildman–Crippen MR) is 102 cm³/mol. The highest BCUT2D eigenvalue weighted by Gasteiger charge is 2.26. The Morgan fingerprint density at radius 1 is 1.15 bits per heavy atom. The van der Waals surface area contributed by atoms with E-state index in [1.165, 1.54) is 11.1 Å². The predicted octanol–water partition coefficient (Wildman–Crippen LogP) is 4.08. The lowest BCUT2D eigenvalue weighted by Crippen LogP contribution is -2.22. The van der Waals surface area contributed by atoms with E-state index < -0.39 is 0 Å². The van der Waals surface area contributed by atoms with Gasteiger partial charge in [-0.1, -0.05) is 12.5 Å². The van der Waals surface area contributed by atoms with Crippen LogP contribution in [-0.2, 0) is 0 Å². The number of aliphatic hydroxyl groups is 1. The third-order valence-corrected chi connectivity index (χ3v) is 5.51. The van der Waals surface area contributed by atoms with Gasteiger partial charge in [0.2, 0.25) is 0 Å². The van der Waals surface area contributed by atoms with Gasteiger partial charge in [0.25, 0.3) is 0 Å². The van der Waals surface area contributed by atoms with Gasteiger partial charge in [0.1, 0.15) is 5.82 Å². The maximum absolute atomic E-state index is 9.60. The lowest BCUT2D eigenvalue weighted by atomic mass is 9.86. The Balaban J connectivity index is 1.82. The van der Waals surface area contributed by atoms with E-state index in [9.17, 15) is 5.11 Å². The largest absolute Gasteiger partial charge is 0.396 e. The van der Waals surface area contributed by atoms with Gasteiger partial charge < -0.3 is 9.67 Å². The van der Waals surface area contributed by atoms with E-state index >= 15 is 0 Å². The minimum absolute atomic E-state index is 0.280. The zero-order valence-corrected chi connectivity index (χ0v) is 15.5. The Labute approximate surface area is 154 Å². The molecule has 1 aliphatic carbocycles. The Kier molecular flexibility index (Phi) is 4.64. The molecule has 0 bridgehead atoms. The monoisotopic (exact) mass is 350 g/mol. The van der Waals surface area contributed by atoms with Crippen molar-refractivity contribution >= 4 is 0 Å². The van der Waals surface area contributed by atoms with Crippen molar-refractivity contribution in [2.24, 2.45) is 5.92 Å². The first-order chi connectivity index (χ1) is 12.7. The van der Waals surface area contributed by atoms with Crippen molar-refractivity contribution in [3.05, 3.63) is 54.1 Å². The number of hydrogen-bond donors (Lipinski definition) is 1. The van der Waals surface area contributed by atoms with Gasteiger partial charge in [0.15, 0.2) is 0 Å². The van der Waals surface area contributed by atoms with Crippen LogP contribution in [-0.4, -0.2) is 31.0 Å². The summed E-state index contributed by atoms with van der Waals surface area (Å²) in [5.41, 5.74) is 4.62. The fourth-order valence-corrected chi connectivity index (χ4v) is 4.31. The average Bonchev–Trinajstić information content (AvgIpc) is 3.33. The summed E-state index contributed by atoms with van der Waals surface area (Å²) in [5.74, 6) is 1.39. The van der Waals surface area contributed by atoms with Crippen molar-refractivity contribution in [1.29, 1.82) is 0 Å². The van der Waals surface area contributed by atoms with Crippen molar-refractivity contribution in [2.75, 3.05) is 6.61 Å². The van der Waals surface area contributed by atoms with Gasteiger partial charge in [-0.05, 0) is 62.3 Å². The van der Waals surface area contributed by atoms with Crippen LogP contribution in [0.3, 0.4) is 0 Å². The summed E-state index contributed by atoms with van der Waals surface area (Å²) < 4.78 is 4.23. The molecule has 0 unspecified atom stereocenters. The SMILES string of the molecule is Cc1cc(C)c(-c2nccn2[C@@H]2CCC[C@@H](CO)C2)c(-n2cccn2)c1. The topological polar surface area (TPSA) is 55.9 Å². The van der Waals surface area contributed by atoms with Crippen LogP contribution in [0.1, 0.15) is 42.9 Å². The molecule has 1 aliphatic rings. The standard InChI is InChI=1S/C21H26N4O/c1-15-11-16(2)20(19(12-15)25-9-4-7-23-25)21-22-8-10-24(21)18-6-3-5-17(13-18)14-26/h4,7-12,17-18,26H,3,5-6,13-14H2,1-2H3/t17-,18-/m1/s1. The summed E-state index contributed by atoms with van der Waals surface area (Å²) >= 11 is 0. The molecule has 2 aromatic heterocycles. The van der Waals surface area contributed by atoms with Crippen molar-refractivity contribution in [3.63, 3.8) is 0 Å². The zero-order valence-electron chi connectivity index (χ0n) is 15.5. The van der Waals surface area contributed by atoms with Crippen molar-refractivity contribution in [2.45, 2.75) is 45.6 Å². The average molecular weight is 350 g/mol. The molecule has 0 amide bonds. The minimum atomic E-state index is 0.280. The lowest BCUT2D eigenvalue weighted by Gasteiger charge is -2.30. The van der Waals surface area contributed by atoms with Crippen LogP contribution >= 0.6 is 0 Å². The summed E-state index contributed by atoms with van der Waals surface area (Å²) in [4.78, 5) is 4.73. The van der Waals surface area contributed by atoms with E-state index in [1.807, 2.05) is 23.1 Å². The molecular formula is C21H26N4O. The number of aliphatic hydroxyl groups excluding tert-OH is 1. The van der Waals surface area contributed by atoms with Crippen LogP contribution in [0, 0.1) is 19.8 Å². The molecule has 2 heterocycles. The third kappa shape index (κ3) is 3.07. The number of nitrogens with zero attached hydrogens (tertiary/aromatic N) is 4. The van der Waals surface area contributed by atoms with Gasteiger partial charge in [-0.15, -0.1) is 0 Å². The van der Waals surface area contributed by atoms with Gasteiger partial charge in [0.05, 0.1) is 5.69 Å². The van der Waals surface area contributed by atoms with Gasteiger partial charge >= 0.3 is 0 Å². The van der Waals surface area contributed by atoms with Crippen LogP contribution in [0.25, 0.3) is 17.1 Å². The summed E-state index contributed by atoms with van der Waals surface area (Å²) in [7, 11) is 0. The smallest absolute Gasteiger partial charge is 0.142 e. The number of aromatic nitrogens is 4. The van der Waals surface area contributed by atoms with Crippen LogP contribution in [0.5, 0.6) is 0 Å². The summed E-state index contributed by atoms with van der Waals surface area (Å²) in [6, 6.07) is 6.72. The van der Waals surface area contributed by atoms with Crippen LogP contribution in [0.2, 0.25) is 0 Å². The van der Waals surface area contributed by atoms with Gasteiger partial charge in [-0.3, -0.25) is 0 Å². The van der Waals surface area contributed by atoms with E-state index in [0.717, 1.165) is 42.8 Å². The van der Waals surface area contributed by atoms with E-state index in [-0.39, 0.29) is 6.61 Å². The summed E-state index contributed by atoms with van der Waals surface area (Å²) in [5, 5.41) is 14.1. The molecule has 1 saturated carbocycles. The van der Waals surface area contributed by atoms with Gasteiger partial charge in [0, 0.05) is 43.0 Å². The second-order valence-electron chi connectivity index (χ2n) is 7.45. The number of aryl methyl sites for hydroxylation is 2. The Morgan fingerprint density at radius 2 is 2.04 bits per heavy atom. The molecule has 0 aliphatic heterocycles. The molecule has 136 valence electrons. The first-order valence-electron chi connectivity index (χ1n) is 9.42. The quantitative estimate of drug-likeness (QED) is 0.771. The maximum atomic E-state index is 9.60. The molecule has 26 heavy (non-hydrogen) atoms. The van der Waals surface area contributed by atoms with E-state index in [4.69, 9.17) is 4.98 Å². The van der Waals surface area contributed by atoms with Gasteiger partial charge in [-0.2, -0.15) is 5.10 Å². The molecular weight excluding hydrogens is 324 g/mol. The van der Waals surface area contributed by atoms with Crippen molar-refractivity contribution < 1.29 is 5.11 Å². The molecule has 0 spiro atoms. The van der Waals surface area contributed by atoms with Crippen molar-refractivity contribution in [3.8, 4) is 17.1 Å².